The number of halogens is 3. The molecule has 26 heavy (non-hydrogen) atoms. The zero-order chi connectivity index (χ0) is 18.9. The SMILES string of the molecule is Cc1ncccc1O[C@@H]1CCN(S(=O)(=O)c2ccc(C(F)(F)F)nc2)C1. The number of hydrogen-bond acceptors (Lipinski definition) is 5. The Morgan fingerprint density at radius 1 is 1.23 bits per heavy atom. The Kier molecular flexibility index (Phi) is 4.89. The second kappa shape index (κ2) is 6.84. The molecule has 1 aliphatic heterocycles. The first-order chi connectivity index (χ1) is 12.2. The Hall–Kier alpha value is -2.20. The maximum atomic E-state index is 12.6. The number of ether oxygens (including phenoxy) is 1. The Labute approximate surface area is 148 Å². The van der Waals surface area contributed by atoms with Crippen LogP contribution in [0.15, 0.2) is 41.6 Å². The molecule has 1 saturated heterocycles. The molecule has 0 spiro atoms. The summed E-state index contributed by atoms with van der Waals surface area (Å²) < 4.78 is 69.9. The van der Waals surface area contributed by atoms with E-state index in [2.05, 4.69) is 9.97 Å². The van der Waals surface area contributed by atoms with E-state index in [4.69, 9.17) is 4.74 Å². The van der Waals surface area contributed by atoms with Gasteiger partial charge >= 0.3 is 6.18 Å². The van der Waals surface area contributed by atoms with Crippen LogP contribution in [-0.4, -0.2) is 41.9 Å². The highest BCUT2D eigenvalue weighted by atomic mass is 32.2. The van der Waals surface area contributed by atoms with Gasteiger partial charge in [0.05, 0.1) is 12.2 Å². The van der Waals surface area contributed by atoms with E-state index in [9.17, 15) is 21.6 Å². The molecule has 140 valence electrons. The molecule has 3 heterocycles. The molecule has 3 rings (SSSR count). The number of pyridine rings is 2. The first-order valence-electron chi connectivity index (χ1n) is 7.79. The molecular weight excluding hydrogens is 371 g/mol. The van der Waals surface area contributed by atoms with Crippen LogP contribution in [0.25, 0.3) is 0 Å². The van der Waals surface area contributed by atoms with Crippen molar-refractivity contribution in [1.29, 1.82) is 0 Å². The minimum Gasteiger partial charge on any atom is -0.487 e. The lowest BCUT2D eigenvalue weighted by Gasteiger charge is -2.18. The van der Waals surface area contributed by atoms with Crippen LogP contribution in [0.3, 0.4) is 0 Å². The Balaban J connectivity index is 1.72. The van der Waals surface area contributed by atoms with Gasteiger partial charge in [-0.15, -0.1) is 0 Å². The Morgan fingerprint density at radius 2 is 2.00 bits per heavy atom. The van der Waals surface area contributed by atoms with Crippen molar-refractivity contribution in [2.45, 2.75) is 30.5 Å². The number of alkyl halides is 3. The van der Waals surface area contributed by atoms with Crippen molar-refractivity contribution in [3.63, 3.8) is 0 Å². The Bertz CT molecular complexity index is 886. The highest BCUT2D eigenvalue weighted by Gasteiger charge is 2.36. The van der Waals surface area contributed by atoms with Crippen LogP contribution in [0.1, 0.15) is 17.8 Å². The number of rotatable bonds is 4. The second-order valence-electron chi connectivity index (χ2n) is 5.86. The molecule has 0 unspecified atom stereocenters. The lowest BCUT2D eigenvalue weighted by Crippen LogP contribution is -2.31. The zero-order valence-corrected chi connectivity index (χ0v) is 14.6. The van der Waals surface area contributed by atoms with Gasteiger partial charge in [-0.05, 0) is 37.6 Å². The summed E-state index contributed by atoms with van der Waals surface area (Å²) in [7, 11) is -3.93. The molecule has 6 nitrogen and oxygen atoms in total. The predicted octanol–water partition coefficient (Wildman–Crippen LogP) is 2.65. The molecule has 0 amide bonds. The smallest absolute Gasteiger partial charge is 0.433 e. The van der Waals surface area contributed by atoms with Crippen LogP contribution in [0, 0.1) is 6.92 Å². The van der Waals surface area contributed by atoms with Crippen molar-refractivity contribution in [3.05, 3.63) is 48.0 Å². The third-order valence-electron chi connectivity index (χ3n) is 4.02. The molecule has 0 aromatic carbocycles. The van der Waals surface area contributed by atoms with E-state index in [1.54, 1.807) is 25.3 Å². The monoisotopic (exact) mass is 387 g/mol. The number of aryl methyl sites for hydroxylation is 1. The van der Waals surface area contributed by atoms with E-state index in [1.165, 1.54) is 4.31 Å². The van der Waals surface area contributed by atoms with Gasteiger partial charge in [-0.3, -0.25) is 9.97 Å². The summed E-state index contributed by atoms with van der Waals surface area (Å²) in [5.41, 5.74) is -0.438. The van der Waals surface area contributed by atoms with Gasteiger partial charge in [0, 0.05) is 18.9 Å². The van der Waals surface area contributed by atoms with E-state index in [0.717, 1.165) is 12.3 Å². The third-order valence-corrected chi connectivity index (χ3v) is 5.87. The zero-order valence-electron chi connectivity index (χ0n) is 13.8. The first kappa shape index (κ1) is 18.6. The van der Waals surface area contributed by atoms with E-state index < -0.39 is 21.9 Å². The van der Waals surface area contributed by atoms with Crippen molar-refractivity contribution in [2.24, 2.45) is 0 Å². The van der Waals surface area contributed by atoms with Crippen molar-refractivity contribution < 1.29 is 26.3 Å². The Morgan fingerprint density at radius 3 is 2.62 bits per heavy atom. The van der Waals surface area contributed by atoms with Crippen LogP contribution < -0.4 is 4.74 Å². The van der Waals surface area contributed by atoms with E-state index in [1.807, 2.05) is 0 Å². The summed E-state index contributed by atoms with van der Waals surface area (Å²) in [4.78, 5) is 7.05. The molecule has 0 bridgehead atoms. The fourth-order valence-corrected chi connectivity index (χ4v) is 4.07. The summed E-state index contributed by atoms with van der Waals surface area (Å²) in [5, 5.41) is 0. The molecular formula is C16H16F3N3O3S. The molecule has 1 aliphatic rings. The lowest BCUT2D eigenvalue weighted by atomic mass is 10.3. The molecule has 0 N–H and O–H groups in total. The highest BCUT2D eigenvalue weighted by molar-refractivity contribution is 7.89. The van der Waals surface area contributed by atoms with Crippen LogP contribution in [-0.2, 0) is 16.2 Å². The van der Waals surface area contributed by atoms with Gasteiger partial charge in [0.25, 0.3) is 0 Å². The van der Waals surface area contributed by atoms with Crippen molar-refractivity contribution >= 4 is 10.0 Å². The molecule has 1 atom stereocenters. The summed E-state index contributed by atoms with van der Waals surface area (Å²) in [6.45, 7) is 2.11. The number of aromatic nitrogens is 2. The molecule has 0 saturated carbocycles. The number of nitrogens with zero attached hydrogens (tertiary/aromatic N) is 3. The van der Waals surface area contributed by atoms with Gasteiger partial charge in [0.1, 0.15) is 22.4 Å². The van der Waals surface area contributed by atoms with Crippen LogP contribution in [0.4, 0.5) is 13.2 Å². The molecule has 0 radical (unpaired) electrons. The maximum Gasteiger partial charge on any atom is 0.433 e. The van der Waals surface area contributed by atoms with Gasteiger partial charge < -0.3 is 4.74 Å². The average molecular weight is 387 g/mol. The average Bonchev–Trinajstić information content (AvgIpc) is 3.06. The quantitative estimate of drug-likeness (QED) is 0.807. The van der Waals surface area contributed by atoms with Gasteiger partial charge in [0.15, 0.2) is 0 Å². The number of hydrogen-bond donors (Lipinski definition) is 0. The van der Waals surface area contributed by atoms with Crippen LogP contribution in [0.2, 0.25) is 0 Å². The van der Waals surface area contributed by atoms with Crippen LogP contribution >= 0.6 is 0 Å². The minimum absolute atomic E-state index is 0.109. The fourth-order valence-electron chi connectivity index (χ4n) is 2.64. The number of sulfonamides is 1. The van der Waals surface area contributed by atoms with E-state index in [0.29, 0.717) is 23.9 Å². The largest absolute Gasteiger partial charge is 0.487 e. The van der Waals surface area contributed by atoms with Crippen molar-refractivity contribution in [1.82, 2.24) is 14.3 Å². The third kappa shape index (κ3) is 3.80. The van der Waals surface area contributed by atoms with E-state index in [-0.39, 0.29) is 24.1 Å². The minimum atomic E-state index is -4.61. The fraction of sp³-hybridized carbons (Fsp3) is 0.375. The van der Waals surface area contributed by atoms with E-state index >= 15 is 0 Å². The van der Waals surface area contributed by atoms with Crippen molar-refractivity contribution in [2.75, 3.05) is 13.1 Å². The van der Waals surface area contributed by atoms with Gasteiger partial charge in [-0.25, -0.2) is 8.42 Å². The summed E-state index contributed by atoms with van der Waals surface area (Å²) in [6.07, 6.45) is -2.13. The second-order valence-corrected chi connectivity index (χ2v) is 7.79. The molecule has 2 aromatic rings. The molecule has 0 aliphatic carbocycles. The summed E-state index contributed by atoms with van der Waals surface area (Å²) in [5.74, 6) is 0.577. The maximum absolute atomic E-state index is 12.6. The molecule has 10 heteroatoms. The summed E-state index contributed by atoms with van der Waals surface area (Å²) in [6, 6.07) is 5.06. The highest BCUT2D eigenvalue weighted by Crippen LogP contribution is 2.29. The molecule has 2 aromatic heterocycles. The van der Waals surface area contributed by atoms with Gasteiger partial charge in [0.2, 0.25) is 10.0 Å². The topological polar surface area (TPSA) is 72.4 Å². The lowest BCUT2D eigenvalue weighted by molar-refractivity contribution is -0.141. The summed E-state index contributed by atoms with van der Waals surface area (Å²) >= 11 is 0. The van der Waals surface area contributed by atoms with Gasteiger partial charge in [-0.2, -0.15) is 17.5 Å². The molecule has 1 fully saturated rings. The predicted molar refractivity (Wildman–Crippen MR) is 86.0 cm³/mol. The van der Waals surface area contributed by atoms with Crippen molar-refractivity contribution in [3.8, 4) is 5.75 Å². The van der Waals surface area contributed by atoms with Gasteiger partial charge in [-0.1, -0.05) is 0 Å². The standard InChI is InChI=1S/C16H16F3N3O3S/c1-11-14(3-2-7-20-11)25-12-6-8-22(10-12)26(23,24)13-4-5-15(21-9-13)16(17,18)19/h2-5,7,9,12H,6,8,10H2,1H3/t12-/m1/s1. The normalized spacial score (nSPS) is 18.8. The van der Waals surface area contributed by atoms with Crippen LogP contribution in [0.5, 0.6) is 5.75 Å². The first-order valence-corrected chi connectivity index (χ1v) is 9.23.